The van der Waals surface area contributed by atoms with Gasteiger partial charge in [0.25, 0.3) is 0 Å². The van der Waals surface area contributed by atoms with Gasteiger partial charge in [-0.1, -0.05) is 26.8 Å². The number of aliphatic hydroxyl groups excluding tert-OH is 1. The molecule has 0 radical (unpaired) electrons. The van der Waals surface area contributed by atoms with E-state index in [0.717, 1.165) is 24.4 Å². The molecular weight excluding hydrogens is 226 g/mol. The predicted molar refractivity (Wildman–Crippen MR) is 76.7 cm³/mol. The summed E-state index contributed by atoms with van der Waals surface area (Å²) in [5.41, 5.74) is 2.49. The molecule has 0 unspecified atom stereocenters. The molecule has 1 N–H and O–H groups in total. The van der Waals surface area contributed by atoms with E-state index in [0.29, 0.717) is 0 Å². The molecule has 1 rings (SSSR count). The zero-order valence-electron chi connectivity index (χ0n) is 12.2. The Morgan fingerprint density at radius 3 is 2.44 bits per heavy atom. The molecule has 102 valence electrons. The Balaban J connectivity index is 3.06. The summed E-state index contributed by atoms with van der Waals surface area (Å²) in [7, 11) is 3.72. The number of benzene rings is 1. The molecule has 3 nitrogen and oxygen atoms in total. The number of aliphatic hydroxyl groups is 1. The van der Waals surface area contributed by atoms with Crippen LogP contribution in [0.5, 0.6) is 5.75 Å². The molecule has 0 saturated carbocycles. The highest BCUT2D eigenvalue weighted by atomic mass is 16.5. The Labute approximate surface area is 110 Å². The maximum absolute atomic E-state index is 8.91. The molecule has 1 aromatic rings. The number of anilines is 1. The van der Waals surface area contributed by atoms with Crippen LogP contribution in [0.15, 0.2) is 18.2 Å². The van der Waals surface area contributed by atoms with Crippen molar-refractivity contribution in [3.05, 3.63) is 23.8 Å². The Kier molecular flexibility index (Phi) is 5.03. The van der Waals surface area contributed by atoms with Crippen molar-refractivity contribution in [1.29, 1.82) is 0 Å². The van der Waals surface area contributed by atoms with E-state index in [4.69, 9.17) is 9.84 Å². The minimum absolute atomic E-state index is 0.124. The van der Waals surface area contributed by atoms with Crippen LogP contribution >= 0.6 is 0 Å². The van der Waals surface area contributed by atoms with Gasteiger partial charge in [-0.25, -0.2) is 0 Å². The van der Waals surface area contributed by atoms with Crippen LogP contribution in [0, 0.1) is 0 Å². The maximum atomic E-state index is 8.91. The molecule has 0 atom stereocenters. The first kappa shape index (κ1) is 14.8. The molecule has 3 heteroatoms. The van der Waals surface area contributed by atoms with Crippen LogP contribution < -0.4 is 9.64 Å². The minimum Gasteiger partial charge on any atom is -0.495 e. The molecule has 18 heavy (non-hydrogen) atoms. The zero-order chi connectivity index (χ0) is 13.8. The van der Waals surface area contributed by atoms with Crippen LogP contribution in [0.25, 0.3) is 0 Å². The van der Waals surface area contributed by atoms with Crippen LogP contribution in [-0.4, -0.2) is 32.4 Å². The van der Waals surface area contributed by atoms with Crippen molar-refractivity contribution in [3.8, 4) is 5.75 Å². The number of hydrogen-bond acceptors (Lipinski definition) is 3. The lowest BCUT2D eigenvalue weighted by atomic mass is 9.86. The first-order valence-corrected chi connectivity index (χ1v) is 6.40. The molecule has 0 amide bonds. The normalized spacial score (nSPS) is 11.4. The second-order valence-corrected chi connectivity index (χ2v) is 5.64. The summed E-state index contributed by atoms with van der Waals surface area (Å²) in [6, 6.07) is 6.31. The highest BCUT2D eigenvalue weighted by Gasteiger charge is 2.17. The van der Waals surface area contributed by atoms with Gasteiger partial charge in [-0.2, -0.15) is 0 Å². The molecule has 0 heterocycles. The minimum atomic E-state index is 0.124. The highest BCUT2D eigenvalue weighted by Crippen LogP contribution is 2.33. The summed E-state index contributed by atoms with van der Waals surface area (Å²) in [6.45, 7) is 7.64. The van der Waals surface area contributed by atoms with E-state index in [1.807, 2.05) is 13.1 Å². The van der Waals surface area contributed by atoms with Gasteiger partial charge < -0.3 is 14.7 Å². The monoisotopic (exact) mass is 251 g/mol. The van der Waals surface area contributed by atoms with E-state index >= 15 is 0 Å². The lowest BCUT2D eigenvalue weighted by molar-refractivity contribution is 0.290. The number of rotatable bonds is 5. The van der Waals surface area contributed by atoms with Gasteiger partial charge in [0.2, 0.25) is 0 Å². The molecule has 1 aromatic carbocycles. The van der Waals surface area contributed by atoms with Gasteiger partial charge in [0.1, 0.15) is 5.75 Å². The van der Waals surface area contributed by atoms with Crippen molar-refractivity contribution in [1.82, 2.24) is 0 Å². The van der Waals surface area contributed by atoms with Gasteiger partial charge in [0, 0.05) is 20.2 Å². The number of ether oxygens (including phenoxy) is 1. The first-order chi connectivity index (χ1) is 8.40. The molecule has 0 saturated heterocycles. The third-order valence-corrected chi connectivity index (χ3v) is 3.11. The van der Waals surface area contributed by atoms with Crippen molar-refractivity contribution in [2.24, 2.45) is 0 Å². The Hall–Kier alpha value is -1.22. The molecule has 0 spiro atoms. The maximum Gasteiger partial charge on any atom is 0.142 e. The predicted octanol–water partition coefficient (Wildman–Crippen LogP) is 2.81. The zero-order valence-corrected chi connectivity index (χ0v) is 12.2. The van der Waals surface area contributed by atoms with Gasteiger partial charge in [-0.15, -0.1) is 0 Å². The fraction of sp³-hybridized carbons (Fsp3) is 0.600. The lowest BCUT2D eigenvalue weighted by Gasteiger charge is -2.25. The van der Waals surface area contributed by atoms with Crippen molar-refractivity contribution in [2.75, 3.05) is 32.2 Å². The molecule has 0 aliphatic heterocycles. The summed E-state index contributed by atoms with van der Waals surface area (Å²) in [5, 5.41) is 8.91. The van der Waals surface area contributed by atoms with Gasteiger partial charge in [-0.3, -0.25) is 0 Å². The van der Waals surface area contributed by atoms with E-state index in [1.54, 1.807) is 7.11 Å². The Bertz CT molecular complexity index is 383. The molecule has 0 bridgehead atoms. The van der Waals surface area contributed by atoms with Crippen LogP contribution in [0.1, 0.15) is 32.8 Å². The Morgan fingerprint density at radius 1 is 1.28 bits per heavy atom. The smallest absolute Gasteiger partial charge is 0.142 e. The SMILES string of the molecule is COc1ccc(C(C)(C)C)cc1N(C)CCCO. The largest absolute Gasteiger partial charge is 0.495 e. The van der Waals surface area contributed by atoms with Crippen molar-refractivity contribution < 1.29 is 9.84 Å². The average Bonchev–Trinajstić information content (AvgIpc) is 2.34. The number of methoxy groups -OCH3 is 1. The Morgan fingerprint density at radius 2 is 1.94 bits per heavy atom. The second-order valence-electron chi connectivity index (χ2n) is 5.64. The van der Waals surface area contributed by atoms with E-state index < -0.39 is 0 Å². The van der Waals surface area contributed by atoms with Crippen LogP contribution in [0.2, 0.25) is 0 Å². The average molecular weight is 251 g/mol. The number of hydrogen-bond donors (Lipinski definition) is 1. The summed E-state index contributed by atoms with van der Waals surface area (Å²) in [6.07, 6.45) is 0.763. The summed E-state index contributed by atoms with van der Waals surface area (Å²) >= 11 is 0. The second kappa shape index (κ2) is 6.10. The molecule has 0 aromatic heterocycles. The lowest BCUT2D eigenvalue weighted by Crippen LogP contribution is -2.21. The summed E-state index contributed by atoms with van der Waals surface area (Å²) < 4.78 is 5.41. The standard InChI is InChI=1S/C15H25NO2/c1-15(2,3)12-7-8-14(18-5)13(11-12)16(4)9-6-10-17/h7-8,11,17H,6,9-10H2,1-5H3. The van der Waals surface area contributed by atoms with Crippen molar-refractivity contribution in [2.45, 2.75) is 32.6 Å². The summed E-state index contributed by atoms with van der Waals surface area (Å²) in [4.78, 5) is 2.13. The van der Waals surface area contributed by atoms with Crippen molar-refractivity contribution in [3.63, 3.8) is 0 Å². The fourth-order valence-corrected chi connectivity index (χ4v) is 1.88. The topological polar surface area (TPSA) is 32.7 Å². The molecule has 0 aliphatic carbocycles. The van der Waals surface area contributed by atoms with E-state index in [9.17, 15) is 0 Å². The van der Waals surface area contributed by atoms with Gasteiger partial charge >= 0.3 is 0 Å². The third kappa shape index (κ3) is 3.64. The van der Waals surface area contributed by atoms with Crippen LogP contribution in [0.3, 0.4) is 0 Å². The molecule has 0 fully saturated rings. The van der Waals surface area contributed by atoms with E-state index in [-0.39, 0.29) is 12.0 Å². The third-order valence-electron chi connectivity index (χ3n) is 3.11. The first-order valence-electron chi connectivity index (χ1n) is 6.40. The highest BCUT2D eigenvalue weighted by molar-refractivity contribution is 5.60. The van der Waals surface area contributed by atoms with Crippen LogP contribution in [0.4, 0.5) is 5.69 Å². The van der Waals surface area contributed by atoms with Gasteiger partial charge in [0.15, 0.2) is 0 Å². The summed E-state index contributed by atoms with van der Waals surface area (Å²) in [5.74, 6) is 0.878. The molecule has 0 aliphatic rings. The van der Waals surface area contributed by atoms with Crippen LogP contribution in [-0.2, 0) is 5.41 Å². The van der Waals surface area contributed by atoms with E-state index in [1.165, 1.54) is 5.56 Å². The molecular formula is C15H25NO2. The van der Waals surface area contributed by atoms with E-state index in [2.05, 4.69) is 37.8 Å². The fourth-order valence-electron chi connectivity index (χ4n) is 1.88. The quantitative estimate of drug-likeness (QED) is 0.873. The van der Waals surface area contributed by atoms with Crippen molar-refractivity contribution >= 4 is 5.69 Å². The van der Waals surface area contributed by atoms with Gasteiger partial charge in [-0.05, 0) is 29.5 Å². The number of nitrogens with zero attached hydrogens (tertiary/aromatic N) is 1. The van der Waals surface area contributed by atoms with Gasteiger partial charge in [0.05, 0.1) is 12.8 Å².